The van der Waals surface area contributed by atoms with Crippen molar-refractivity contribution in [2.24, 2.45) is 5.73 Å². The van der Waals surface area contributed by atoms with E-state index in [1.165, 1.54) is 0 Å². The van der Waals surface area contributed by atoms with E-state index in [-0.39, 0.29) is 5.91 Å². The molecule has 0 atom stereocenters. The van der Waals surface area contributed by atoms with Gasteiger partial charge in [0.05, 0.1) is 18.4 Å². The fourth-order valence-corrected chi connectivity index (χ4v) is 2.02. The highest BCUT2D eigenvalue weighted by molar-refractivity contribution is 6.00. The van der Waals surface area contributed by atoms with Crippen molar-refractivity contribution in [1.29, 1.82) is 0 Å². The Morgan fingerprint density at radius 1 is 1.13 bits per heavy atom. The van der Waals surface area contributed by atoms with Gasteiger partial charge in [0.15, 0.2) is 0 Å². The lowest BCUT2D eigenvalue weighted by atomic mass is 10.1. The number of benzene rings is 2. The second-order valence-electron chi connectivity index (χ2n) is 6.07. The van der Waals surface area contributed by atoms with Crippen molar-refractivity contribution in [3.8, 4) is 5.75 Å². The summed E-state index contributed by atoms with van der Waals surface area (Å²) in [5.74, 6) is 0.631. The highest BCUT2D eigenvalue weighted by Crippen LogP contribution is 2.22. The van der Waals surface area contributed by atoms with Crippen molar-refractivity contribution in [3.05, 3.63) is 54.1 Å². The third-order valence-corrected chi connectivity index (χ3v) is 3.25. The van der Waals surface area contributed by atoms with E-state index < -0.39 is 5.54 Å². The summed E-state index contributed by atoms with van der Waals surface area (Å²) in [6.45, 7) is 4.15. The zero-order valence-electron chi connectivity index (χ0n) is 13.7. The van der Waals surface area contributed by atoms with Crippen molar-refractivity contribution < 1.29 is 9.53 Å². The van der Waals surface area contributed by atoms with Crippen LogP contribution >= 0.6 is 0 Å². The maximum absolute atomic E-state index is 12.4. The molecule has 0 aliphatic heterocycles. The number of carbonyl (C=O) groups is 1. The van der Waals surface area contributed by atoms with Crippen LogP contribution in [0, 0.1) is 0 Å². The fraction of sp³-hybridized carbons (Fsp3) is 0.278. The van der Waals surface area contributed by atoms with Gasteiger partial charge in [-0.15, -0.1) is 0 Å². The minimum Gasteiger partial charge on any atom is -0.497 e. The molecule has 0 bridgehead atoms. The number of hydrogen-bond donors (Lipinski definition) is 3. The van der Waals surface area contributed by atoms with E-state index in [1.807, 2.05) is 56.3 Å². The molecule has 0 radical (unpaired) electrons. The van der Waals surface area contributed by atoms with E-state index in [0.29, 0.717) is 12.1 Å². The molecule has 5 heteroatoms. The summed E-state index contributed by atoms with van der Waals surface area (Å²) in [5.41, 5.74) is 7.66. The fourth-order valence-electron chi connectivity index (χ4n) is 2.02. The second kappa shape index (κ2) is 7.15. The number of methoxy groups -OCH3 is 1. The Morgan fingerprint density at radius 3 is 2.39 bits per heavy atom. The zero-order chi connectivity index (χ0) is 16.9. The van der Waals surface area contributed by atoms with E-state index >= 15 is 0 Å². The number of para-hydroxylation sites is 1. The van der Waals surface area contributed by atoms with Gasteiger partial charge in [-0.05, 0) is 50.2 Å². The van der Waals surface area contributed by atoms with Crippen LogP contribution in [0.25, 0.3) is 0 Å². The van der Waals surface area contributed by atoms with E-state index in [4.69, 9.17) is 10.5 Å². The molecule has 23 heavy (non-hydrogen) atoms. The van der Waals surface area contributed by atoms with Gasteiger partial charge in [-0.1, -0.05) is 12.1 Å². The van der Waals surface area contributed by atoms with Crippen molar-refractivity contribution in [2.45, 2.75) is 19.4 Å². The monoisotopic (exact) mass is 313 g/mol. The van der Waals surface area contributed by atoms with Crippen LogP contribution in [0.3, 0.4) is 0 Å². The Bertz CT molecular complexity index is 661. The first-order valence-corrected chi connectivity index (χ1v) is 7.46. The normalized spacial score (nSPS) is 11.0. The van der Waals surface area contributed by atoms with Crippen LogP contribution < -0.4 is 21.1 Å². The van der Waals surface area contributed by atoms with E-state index in [1.54, 1.807) is 13.2 Å². The van der Waals surface area contributed by atoms with Gasteiger partial charge in [-0.25, -0.2) is 0 Å². The van der Waals surface area contributed by atoms with E-state index in [0.717, 1.165) is 17.1 Å². The van der Waals surface area contributed by atoms with Crippen LogP contribution in [0.1, 0.15) is 24.2 Å². The summed E-state index contributed by atoms with van der Waals surface area (Å²) in [4.78, 5) is 12.4. The Balaban J connectivity index is 2.14. The first-order chi connectivity index (χ1) is 10.9. The smallest absolute Gasteiger partial charge is 0.253 e. The van der Waals surface area contributed by atoms with Crippen LogP contribution in [0.5, 0.6) is 5.75 Å². The van der Waals surface area contributed by atoms with E-state index in [9.17, 15) is 4.79 Å². The molecule has 0 aliphatic carbocycles. The van der Waals surface area contributed by atoms with Gasteiger partial charge in [0.2, 0.25) is 0 Å². The average molecular weight is 313 g/mol. The molecule has 0 saturated carbocycles. The number of carbonyl (C=O) groups excluding carboxylic acids is 1. The predicted molar refractivity (Wildman–Crippen MR) is 93.3 cm³/mol. The van der Waals surface area contributed by atoms with Crippen molar-refractivity contribution in [3.63, 3.8) is 0 Å². The molecule has 0 unspecified atom stereocenters. The molecule has 0 aromatic heterocycles. The topological polar surface area (TPSA) is 76.4 Å². The molecule has 0 aliphatic rings. The molecule has 1 amide bonds. The van der Waals surface area contributed by atoms with Crippen molar-refractivity contribution in [2.75, 3.05) is 19.0 Å². The summed E-state index contributed by atoms with van der Waals surface area (Å²) in [7, 11) is 1.63. The minimum atomic E-state index is -0.450. The molecule has 2 aromatic rings. The molecule has 2 aromatic carbocycles. The summed E-state index contributed by atoms with van der Waals surface area (Å²) in [6.07, 6.45) is 0. The van der Waals surface area contributed by atoms with Crippen LogP contribution in [0.15, 0.2) is 48.5 Å². The maximum Gasteiger partial charge on any atom is 0.253 e. The number of nitrogens with one attached hydrogen (secondary N) is 2. The SMILES string of the molecule is COc1ccc(Nc2ccccc2C(=O)NCC(C)(C)N)cc1. The van der Waals surface area contributed by atoms with Gasteiger partial charge in [-0.2, -0.15) is 0 Å². The van der Waals surface area contributed by atoms with Gasteiger partial charge < -0.3 is 21.1 Å². The quantitative estimate of drug-likeness (QED) is 0.766. The minimum absolute atomic E-state index is 0.153. The van der Waals surface area contributed by atoms with Crippen LogP contribution in [-0.4, -0.2) is 25.1 Å². The summed E-state index contributed by atoms with van der Waals surface area (Å²) in [6, 6.07) is 14.9. The highest BCUT2D eigenvalue weighted by Gasteiger charge is 2.15. The van der Waals surface area contributed by atoms with Crippen molar-refractivity contribution in [1.82, 2.24) is 5.32 Å². The molecule has 0 heterocycles. The summed E-state index contributed by atoms with van der Waals surface area (Å²) < 4.78 is 5.14. The number of ether oxygens (including phenoxy) is 1. The third-order valence-electron chi connectivity index (χ3n) is 3.25. The Morgan fingerprint density at radius 2 is 1.78 bits per heavy atom. The van der Waals surface area contributed by atoms with Gasteiger partial charge in [0, 0.05) is 17.8 Å². The average Bonchev–Trinajstić information content (AvgIpc) is 2.53. The first-order valence-electron chi connectivity index (χ1n) is 7.46. The first kappa shape index (κ1) is 16.8. The Labute approximate surface area is 136 Å². The van der Waals surface area contributed by atoms with E-state index in [2.05, 4.69) is 10.6 Å². The van der Waals surface area contributed by atoms with Crippen LogP contribution in [0.4, 0.5) is 11.4 Å². The van der Waals surface area contributed by atoms with Crippen LogP contribution in [0.2, 0.25) is 0 Å². The molecule has 5 nitrogen and oxygen atoms in total. The molecule has 2 rings (SSSR count). The molecule has 4 N–H and O–H groups in total. The number of amides is 1. The van der Waals surface area contributed by atoms with Gasteiger partial charge in [0.25, 0.3) is 5.91 Å². The molecular weight excluding hydrogens is 290 g/mol. The predicted octanol–water partition coefficient (Wildman–Crippen LogP) is 2.91. The number of rotatable bonds is 6. The molecule has 0 spiro atoms. The van der Waals surface area contributed by atoms with Gasteiger partial charge >= 0.3 is 0 Å². The lowest BCUT2D eigenvalue weighted by molar-refractivity contribution is 0.0947. The van der Waals surface area contributed by atoms with Gasteiger partial charge in [0.1, 0.15) is 5.75 Å². The van der Waals surface area contributed by atoms with Crippen molar-refractivity contribution >= 4 is 17.3 Å². The lowest BCUT2D eigenvalue weighted by Gasteiger charge is -2.19. The number of hydrogen-bond acceptors (Lipinski definition) is 4. The summed E-state index contributed by atoms with van der Waals surface area (Å²) in [5, 5.41) is 6.11. The Kier molecular flexibility index (Phi) is 5.24. The number of anilines is 2. The molecular formula is C18H23N3O2. The van der Waals surface area contributed by atoms with Crippen LogP contribution in [-0.2, 0) is 0 Å². The molecule has 0 saturated heterocycles. The third kappa shape index (κ3) is 5.00. The largest absolute Gasteiger partial charge is 0.497 e. The molecule has 0 fully saturated rings. The highest BCUT2D eigenvalue weighted by atomic mass is 16.5. The second-order valence-corrected chi connectivity index (χ2v) is 6.07. The zero-order valence-corrected chi connectivity index (χ0v) is 13.7. The van der Waals surface area contributed by atoms with Gasteiger partial charge in [-0.3, -0.25) is 4.79 Å². The maximum atomic E-state index is 12.4. The summed E-state index contributed by atoms with van der Waals surface area (Å²) >= 11 is 0. The Hall–Kier alpha value is -2.53. The number of nitrogens with two attached hydrogens (primary N) is 1. The molecule has 122 valence electrons. The standard InChI is InChI=1S/C18H23N3O2/c1-18(2,19)12-20-17(22)15-6-4-5-7-16(15)21-13-8-10-14(23-3)11-9-13/h4-11,21H,12,19H2,1-3H3,(H,20,22). The lowest BCUT2D eigenvalue weighted by Crippen LogP contribution is -2.45.